The molecule has 1 spiro atoms. The Bertz CT molecular complexity index is 921. The number of rotatable bonds is 6. The van der Waals surface area contributed by atoms with Gasteiger partial charge in [-0.2, -0.15) is 4.31 Å². The van der Waals surface area contributed by atoms with Gasteiger partial charge in [-0.25, -0.2) is 8.42 Å². The quantitative estimate of drug-likeness (QED) is 0.825. The van der Waals surface area contributed by atoms with Crippen molar-refractivity contribution in [2.24, 2.45) is 11.3 Å². The average molecular weight is 388 g/mol. The van der Waals surface area contributed by atoms with E-state index in [4.69, 9.17) is 4.42 Å². The highest BCUT2D eigenvalue weighted by atomic mass is 32.2. The average Bonchev–Trinajstić information content (AvgIpc) is 3.03. The maximum atomic E-state index is 12.9. The van der Waals surface area contributed by atoms with E-state index in [1.807, 2.05) is 25.1 Å². The highest BCUT2D eigenvalue weighted by Crippen LogP contribution is 2.59. The van der Waals surface area contributed by atoms with E-state index in [1.165, 1.54) is 4.31 Å². The molecular weight excluding hydrogens is 364 g/mol. The minimum absolute atomic E-state index is 0.0158. The number of aryl methyl sites for hydroxylation is 1. The van der Waals surface area contributed by atoms with E-state index < -0.39 is 10.0 Å². The summed E-state index contributed by atoms with van der Waals surface area (Å²) in [6.45, 7) is 3.30. The minimum atomic E-state index is -3.50. The van der Waals surface area contributed by atoms with Crippen molar-refractivity contribution in [3.8, 4) is 0 Å². The van der Waals surface area contributed by atoms with Gasteiger partial charge < -0.3 is 9.73 Å². The zero-order chi connectivity index (χ0) is 19.1. The maximum absolute atomic E-state index is 12.9. The van der Waals surface area contributed by atoms with Gasteiger partial charge in [0, 0.05) is 19.0 Å². The van der Waals surface area contributed by atoms with Crippen molar-refractivity contribution in [1.29, 1.82) is 0 Å². The van der Waals surface area contributed by atoms with E-state index in [9.17, 15) is 13.2 Å². The fraction of sp³-hybridized carbons (Fsp3) is 0.450. The fourth-order valence-corrected chi connectivity index (χ4v) is 5.52. The van der Waals surface area contributed by atoms with E-state index in [1.54, 1.807) is 24.5 Å². The Labute approximate surface area is 159 Å². The molecule has 144 valence electrons. The predicted molar refractivity (Wildman–Crippen MR) is 100 cm³/mol. The third-order valence-corrected chi connectivity index (χ3v) is 7.70. The lowest BCUT2D eigenvalue weighted by Gasteiger charge is -2.17. The van der Waals surface area contributed by atoms with Crippen LogP contribution >= 0.6 is 0 Å². The molecule has 4 rings (SSSR count). The van der Waals surface area contributed by atoms with E-state index in [0.717, 1.165) is 24.8 Å². The smallest absolute Gasteiger partial charge is 0.243 e. The Kier molecular flexibility index (Phi) is 4.60. The van der Waals surface area contributed by atoms with Gasteiger partial charge in [-0.3, -0.25) is 4.79 Å². The number of hydrogen-bond acceptors (Lipinski definition) is 4. The van der Waals surface area contributed by atoms with Crippen molar-refractivity contribution in [2.75, 3.05) is 13.1 Å². The summed E-state index contributed by atoms with van der Waals surface area (Å²) < 4.78 is 32.6. The number of sulfonamides is 1. The molecule has 0 bridgehead atoms. The second-order valence-corrected chi connectivity index (χ2v) is 9.44. The standard InChI is InChI=1S/C20H24N2O4S/c1-2-15-5-7-17(8-6-15)27(24,25)22-10-9-20(14-22)12-18(20)19(23)21-13-16-4-3-11-26-16/h3-8,11,18H,2,9-10,12-14H2,1H3,(H,21,23)/t18-,20+/m0/s1. The molecule has 2 fully saturated rings. The normalized spacial score (nSPS) is 25.0. The lowest BCUT2D eigenvalue weighted by Crippen LogP contribution is -2.31. The van der Waals surface area contributed by atoms with Crippen LogP contribution in [0, 0.1) is 11.3 Å². The van der Waals surface area contributed by atoms with Crippen LogP contribution in [0.1, 0.15) is 31.1 Å². The lowest BCUT2D eigenvalue weighted by molar-refractivity contribution is -0.123. The van der Waals surface area contributed by atoms with Crippen molar-refractivity contribution in [3.63, 3.8) is 0 Å². The largest absolute Gasteiger partial charge is 0.467 e. The summed E-state index contributed by atoms with van der Waals surface area (Å²) in [5.74, 6) is 0.581. The topological polar surface area (TPSA) is 79.6 Å². The van der Waals surface area contributed by atoms with Crippen molar-refractivity contribution in [3.05, 3.63) is 54.0 Å². The molecule has 27 heavy (non-hydrogen) atoms. The summed E-state index contributed by atoms with van der Waals surface area (Å²) in [6, 6.07) is 10.7. The van der Waals surface area contributed by atoms with Gasteiger partial charge in [0.1, 0.15) is 5.76 Å². The number of carbonyl (C=O) groups is 1. The molecule has 6 nitrogen and oxygen atoms in total. The van der Waals surface area contributed by atoms with Gasteiger partial charge in [-0.05, 0) is 54.5 Å². The number of carbonyl (C=O) groups excluding carboxylic acids is 1. The second kappa shape index (κ2) is 6.80. The Morgan fingerprint density at radius 3 is 2.74 bits per heavy atom. The maximum Gasteiger partial charge on any atom is 0.243 e. The summed E-state index contributed by atoms with van der Waals surface area (Å²) >= 11 is 0. The van der Waals surface area contributed by atoms with Crippen LogP contribution in [-0.2, 0) is 27.8 Å². The van der Waals surface area contributed by atoms with Gasteiger partial charge in [0.25, 0.3) is 0 Å². The van der Waals surface area contributed by atoms with Gasteiger partial charge in [-0.15, -0.1) is 0 Å². The molecule has 7 heteroatoms. The first-order chi connectivity index (χ1) is 12.9. The third-order valence-electron chi connectivity index (χ3n) is 5.84. The van der Waals surface area contributed by atoms with Crippen LogP contribution in [-0.4, -0.2) is 31.7 Å². The Morgan fingerprint density at radius 2 is 2.07 bits per heavy atom. The number of nitrogens with zero attached hydrogens (tertiary/aromatic N) is 1. The molecule has 1 N–H and O–H groups in total. The van der Waals surface area contributed by atoms with Crippen molar-refractivity contribution >= 4 is 15.9 Å². The van der Waals surface area contributed by atoms with Gasteiger partial charge in [0.15, 0.2) is 0 Å². The highest BCUT2D eigenvalue weighted by molar-refractivity contribution is 7.89. The molecule has 1 aliphatic carbocycles. The molecule has 2 atom stereocenters. The Morgan fingerprint density at radius 1 is 1.30 bits per heavy atom. The van der Waals surface area contributed by atoms with Crippen LogP contribution in [0.3, 0.4) is 0 Å². The van der Waals surface area contributed by atoms with Crippen LogP contribution in [0.2, 0.25) is 0 Å². The van der Waals surface area contributed by atoms with Crippen LogP contribution < -0.4 is 5.32 Å². The molecule has 0 radical (unpaired) electrons. The highest BCUT2D eigenvalue weighted by Gasteiger charge is 2.62. The zero-order valence-electron chi connectivity index (χ0n) is 15.3. The predicted octanol–water partition coefficient (Wildman–Crippen LogP) is 2.56. The number of furan rings is 1. The molecule has 1 aliphatic heterocycles. The molecule has 1 amide bonds. The summed E-state index contributed by atoms with van der Waals surface area (Å²) in [4.78, 5) is 12.8. The van der Waals surface area contributed by atoms with Crippen molar-refractivity contribution < 1.29 is 17.6 Å². The molecular formula is C20H24N2O4S. The molecule has 1 saturated carbocycles. The molecule has 2 heterocycles. The Balaban J connectivity index is 1.39. The molecule has 2 aromatic rings. The van der Waals surface area contributed by atoms with Crippen LogP contribution in [0.5, 0.6) is 0 Å². The second-order valence-electron chi connectivity index (χ2n) is 7.50. The molecule has 0 unspecified atom stereocenters. The summed E-state index contributed by atoms with van der Waals surface area (Å²) in [5.41, 5.74) is 0.909. The summed E-state index contributed by atoms with van der Waals surface area (Å²) in [5, 5.41) is 2.90. The van der Waals surface area contributed by atoms with Crippen molar-refractivity contribution in [1.82, 2.24) is 9.62 Å². The number of amides is 1. The van der Waals surface area contributed by atoms with E-state index >= 15 is 0 Å². The SMILES string of the molecule is CCc1ccc(S(=O)(=O)N2CC[C@@]3(C[C@H]3C(=O)NCc3ccco3)C2)cc1. The number of nitrogens with one attached hydrogen (secondary N) is 1. The molecule has 1 aromatic carbocycles. The lowest BCUT2D eigenvalue weighted by atomic mass is 10.0. The summed E-state index contributed by atoms with van der Waals surface area (Å²) in [7, 11) is -3.50. The van der Waals surface area contributed by atoms with Crippen LogP contribution in [0.25, 0.3) is 0 Å². The third kappa shape index (κ3) is 3.41. The van der Waals surface area contributed by atoms with E-state index in [2.05, 4.69) is 5.32 Å². The van der Waals surface area contributed by atoms with E-state index in [-0.39, 0.29) is 17.2 Å². The molecule has 1 aromatic heterocycles. The molecule has 1 saturated heterocycles. The first-order valence-corrected chi connectivity index (χ1v) is 10.8. The number of hydrogen-bond donors (Lipinski definition) is 1. The molecule has 2 aliphatic rings. The van der Waals surface area contributed by atoms with Crippen LogP contribution in [0.4, 0.5) is 0 Å². The monoisotopic (exact) mass is 388 g/mol. The van der Waals surface area contributed by atoms with Crippen LogP contribution in [0.15, 0.2) is 52.0 Å². The summed E-state index contributed by atoms with van der Waals surface area (Å²) in [6.07, 6.45) is 3.94. The van der Waals surface area contributed by atoms with Gasteiger partial charge in [-0.1, -0.05) is 19.1 Å². The Hall–Kier alpha value is -2.12. The minimum Gasteiger partial charge on any atom is -0.467 e. The van der Waals surface area contributed by atoms with Gasteiger partial charge in [0.2, 0.25) is 15.9 Å². The zero-order valence-corrected chi connectivity index (χ0v) is 16.2. The first kappa shape index (κ1) is 18.3. The van der Waals surface area contributed by atoms with Gasteiger partial charge >= 0.3 is 0 Å². The first-order valence-electron chi connectivity index (χ1n) is 9.34. The van der Waals surface area contributed by atoms with Crippen molar-refractivity contribution in [2.45, 2.75) is 37.6 Å². The van der Waals surface area contributed by atoms with E-state index in [0.29, 0.717) is 30.3 Å². The van der Waals surface area contributed by atoms with Gasteiger partial charge in [0.05, 0.1) is 17.7 Å². The number of benzene rings is 1. The fourth-order valence-electron chi connectivity index (χ4n) is 3.99.